The lowest BCUT2D eigenvalue weighted by atomic mass is 9.82. The van der Waals surface area contributed by atoms with Gasteiger partial charge in [-0.1, -0.05) is 62.9 Å². The number of methoxy groups -OCH3 is 2. The summed E-state index contributed by atoms with van der Waals surface area (Å²) >= 11 is 0. The number of hydrogen-bond acceptors (Lipinski definition) is 3. The number of anilines is 2. The SMILES string of the molecule is C=Cc1c2c(c(N(C3=CC=C(OC)C(C)C3)c3ccc(OC)cc3)c3ccccc13)C=CC(C)C2. The molecule has 3 nitrogen and oxygen atoms in total. The van der Waals surface area contributed by atoms with Crippen molar-refractivity contribution in [3.63, 3.8) is 0 Å². The Balaban J connectivity index is 1.84. The predicted octanol–water partition coefficient (Wildman–Crippen LogP) is 8.29. The summed E-state index contributed by atoms with van der Waals surface area (Å²) < 4.78 is 11.1. The molecule has 3 heteroatoms. The van der Waals surface area contributed by atoms with Gasteiger partial charge in [-0.15, -0.1) is 0 Å². The second kappa shape index (κ2) is 9.50. The Bertz CT molecular complexity index is 1360. The van der Waals surface area contributed by atoms with Crippen molar-refractivity contribution in [2.24, 2.45) is 11.8 Å². The molecule has 3 aromatic carbocycles. The standard InChI is InChI=1S/C32H33NO2/c1-6-26-27-9-7-8-10-28(27)32(29-17-11-21(2)19-30(26)29)33(23-12-15-25(34-4)16-13-23)24-14-18-31(35-5)22(3)20-24/h6-18,21-22H,1,19-20H2,2-5H3. The fraction of sp³-hybridized carbons (Fsp3) is 0.250. The van der Waals surface area contributed by atoms with E-state index in [0.29, 0.717) is 11.8 Å². The highest BCUT2D eigenvalue weighted by molar-refractivity contribution is 6.06. The van der Waals surface area contributed by atoms with Gasteiger partial charge in [0.15, 0.2) is 0 Å². The molecule has 0 bridgehead atoms. The molecule has 0 aliphatic heterocycles. The molecule has 0 radical (unpaired) electrons. The van der Waals surface area contributed by atoms with E-state index in [0.717, 1.165) is 30.0 Å². The molecule has 2 atom stereocenters. The van der Waals surface area contributed by atoms with E-state index in [1.54, 1.807) is 14.2 Å². The highest BCUT2D eigenvalue weighted by Gasteiger charge is 2.28. The highest BCUT2D eigenvalue weighted by Crippen LogP contribution is 2.47. The molecule has 0 amide bonds. The second-order valence-electron chi connectivity index (χ2n) is 9.51. The summed E-state index contributed by atoms with van der Waals surface area (Å²) in [5, 5.41) is 2.47. The topological polar surface area (TPSA) is 21.7 Å². The average molecular weight is 464 g/mol. The largest absolute Gasteiger partial charge is 0.501 e. The Hall–Kier alpha value is -3.72. The minimum Gasteiger partial charge on any atom is -0.501 e. The maximum absolute atomic E-state index is 5.64. The molecular formula is C32H33NO2. The summed E-state index contributed by atoms with van der Waals surface area (Å²) in [6, 6.07) is 17.1. The number of benzene rings is 3. The van der Waals surface area contributed by atoms with Crippen LogP contribution in [0.5, 0.6) is 5.75 Å². The molecule has 2 aliphatic rings. The molecule has 2 unspecified atom stereocenters. The summed E-state index contributed by atoms with van der Waals surface area (Å²) in [7, 11) is 3.46. The van der Waals surface area contributed by atoms with Gasteiger partial charge in [-0.25, -0.2) is 0 Å². The molecule has 5 rings (SSSR count). The fourth-order valence-electron chi connectivity index (χ4n) is 5.47. The van der Waals surface area contributed by atoms with Crippen LogP contribution in [-0.4, -0.2) is 14.2 Å². The molecule has 3 aromatic rings. The Morgan fingerprint density at radius 2 is 1.66 bits per heavy atom. The van der Waals surface area contributed by atoms with Crippen molar-refractivity contribution < 1.29 is 9.47 Å². The van der Waals surface area contributed by atoms with Gasteiger partial charge >= 0.3 is 0 Å². The third-order valence-corrected chi connectivity index (χ3v) is 7.22. The van der Waals surface area contributed by atoms with Crippen molar-refractivity contribution in [2.75, 3.05) is 19.1 Å². The Morgan fingerprint density at radius 1 is 0.914 bits per heavy atom. The zero-order chi connectivity index (χ0) is 24.5. The van der Waals surface area contributed by atoms with Crippen LogP contribution in [0.1, 0.15) is 37.0 Å². The van der Waals surface area contributed by atoms with Gasteiger partial charge < -0.3 is 14.4 Å². The average Bonchev–Trinajstić information content (AvgIpc) is 2.89. The summed E-state index contributed by atoms with van der Waals surface area (Å²) in [5.41, 5.74) is 7.49. The maximum Gasteiger partial charge on any atom is 0.119 e. The minimum absolute atomic E-state index is 0.297. The van der Waals surface area contributed by atoms with Crippen LogP contribution in [0.2, 0.25) is 0 Å². The number of hydrogen-bond donors (Lipinski definition) is 0. The zero-order valence-electron chi connectivity index (χ0n) is 21.0. The lowest BCUT2D eigenvalue weighted by Crippen LogP contribution is -2.23. The van der Waals surface area contributed by atoms with Crippen molar-refractivity contribution in [1.29, 1.82) is 0 Å². The summed E-state index contributed by atoms with van der Waals surface area (Å²) in [6.07, 6.45) is 12.9. The number of allylic oxidation sites excluding steroid dienone is 5. The maximum atomic E-state index is 5.64. The van der Waals surface area contributed by atoms with Crippen LogP contribution < -0.4 is 9.64 Å². The molecule has 0 heterocycles. The van der Waals surface area contributed by atoms with E-state index in [2.05, 4.69) is 86.0 Å². The summed E-state index contributed by atoms with van der Waals surface area (Å²) in [5.74, 6) is 2.66. The first kappa shape index (κ1) is 23.0. The van der Waals surface area contributed by atoms with Gasteiger partial charge in [0.2, 0.25) is 0 Å². The van der Waals surface area contributed by atoms with Crippen LogP contribution in [0.15, 0.2) is 84.8 Å². The summed E-state index contributed by atoms with van der Waals surface area (Å²) in [6.45, 7) is 8.71. The van der Waals surface area contributed by atoms with E-state index < -0.39 is 0 Å². The van der Waals surface area contributed by atoms with E-state index in [1.807, 2.05) is 18.2 Å². The smallest absolute Gasteiger partial charge is 0.119 e. The van der Waals surface area contributed by atoms with Gasteiger partial charge in [-0.05, 0) is 71.7 Å². The van der Waals surface area contributed by atoms with Gasteiger partial charge in [-0.2, -0.15) is 0 Å². The van der Waals surface area contributed by atoms with Crippen molar-refractivity contribution in [3.05, 3.63) is 101 Å². The Morgan fingerprint density at radius 3 is 2.31 bits per heavy atom. The Kier molecular flexibility index (Phi) is 6.25. The molecule has 35 heavy (non-hydrogen) atoms. The number of ether oxygens (including phenoxy) is 2. The number of rotatable bonds is 6. The third-order valence-electron chi connectivity index (χ3n) is 7.22. The lowest BCUT2D eigenvalue weighted by Gasteiger charge is -2.35. The van der Waals surface area contributed by atoms with Gasteiger partial charge in [0.05, 0.1) is 25.7 Å². The number of fused-ring (bicyclic) bond motifs is 2. The van der Waals surface area contributed by atoms with E-state index in [9.17, 15) is 0 Å². The first-order valence-corrected chi connectivity index (χ1v) is 12.3. The number of nitrogens with zero attached hydrogens (tertiary/aromatic N) is 1. The van der Waals surface area contributed by atoms with E-state index in [-0.39, 0.29) is 0 Å². The van der Waals surface area contributed by atoms with Gasteiger partial charge in [0, 0.05) is 28.3 Å². The molecule has 0 saturated heterocycles. The van der Waals surface area contributed by atoms with Crippen LogP contribution in [0.3, 0.4) is 0 Å². The van der Waals surface area contributed by atoms with Crippen LogP contribution in [0.25, 0.3) is 22.9 Å². The van der Waals surface area contributed by atoms with Gasteiger partial charge in [0.1, 0.15) is 5.75 Å². The van der Waals surface area contributed by atoms with Crippen molar-refractivity contribution >= 4 is 34.3 Å². The molecule has 2 aliphatic carbocycles. The zero-order valence-corrected chi connectivity index (χ0v) is 21.0. The first-order chi connectivity index (χ1) is 17.0. The normalized spacial score (nSPS) is 19.0. The molecule has 178 valence electrons. The van der Waals surface area contributed by atoms with E-state index >= 15 is 0 Å². The summed E-state index contributed by atoms with van der Waals surface area (Å²) in [4.78, 5) is 2.44. The third kappa shape index (κ3) is 4.05. The van der Waals surface area contributed by atoms with Crippen molar-refractivity contribution in [3.8, 4) is 5.75 Å². The van der Waals surface area contributed by atoms with Gasteiger partial charge in [-0.3, -0.25) is 0 Å². The molecule has 0 aromatic heterocycles. The van der Waals surface area contributed by atoms with Crippen molar-refractivity contribution in [2.45, 2.75) is 26.7 Å². The molecular weight excluding hydrogens is 430 g/mol. The minimum atomic E-state index is 0.297. The molecule has 0 saturated carbocycles. The monoisotopic (exact) mass is 463 g/mol. The lowest BCUT2D eigenvalue weighted by molar-refractivity contribution is 0.244. The highest BCUT2D eigenvalue weighted by atomic mass is 16.5. The van der Waals surface area contributed by atoms with Crippen LogP contribution in [-0.2, 0) is 11.2 Å². The predicted molar refractivity (Wildman–Crippen MR) is 148 cm³/mol. The van der Waals surface area contributed by atoms with Crippen LogP contribution in [0, 0.1) is 11.8 Å². The van der Waals surface area contributed by atoms with Crippen molar-refractivity contribution in [1.82, 2.24) is 0 Å². The first-order valence-electron chi connectivity index (χ1n) is 12.3. The Labute approximate surface area is 208 Å². The van der Waals surface area contributed by atoms with Gasteiger partial charge in [0.25, 0.3) is 0 Å². The fourth-order valence-corrected chi connectivity index (χ4v) is 5.47. The molecule has 0 N–H and O–H groups in total. The molecule has 0 fully saturated rings. The van der Waals surface area contributed by atoms with Crippen LogP contribution >= 0.6 is 0 Å². The van der Waals surface area contributed by atoms with Crippen LogP contribution in [0.4, 0.5) is 11.4 Å². The quantitative estimate of drug-likeness (QED) is 0.367. The molecule has 0 spiro atoms. The second-order valence-corrected chi connectivity index (χ2v) is 9.51. The van der Waals surface area contributed by atoms with E-state index in [1.165, 1.54) is 38.8 Å². The van der Waals surface area contributed by atoms with E-state index in [4.69, 9.17) is 9.47 Å².